The quantitative estimate of drug-likeness (QED) is 0.665. The highest BCUT2D eigenvalue weighted by Crippen LogP contribution is 2.22. The highest BCUT2D eigenvalue weighted by atomic mass is 32.2. The van der Waals surface area contributed by atoms with Gasteiger partial charge in [0.25, 0.3) is 15.9 Å². The Morgan fingerprint density at radius 3 is 2.36 bits per heavy atom. The number of benzene rings is 3. The molecule has 0 saturated carbocycles. The molecule has 3 rings (SSSR count). The van der Waals surface area contributed by atoms with E-state index in [0.717, 1.165) is 11.6 Å². The molecule has 0 aromatic heterocycles. The zero-order valence-corrected chi connectivity index (χ0v) is 16.2. The second-order valence-corrected chi connectivity index (χ2v) is 8.02. The first-order valence-corrected chi connectivity index (χ1v) is 10.0. The number of anilines is 2. The summed E-state index contributed by atoms with van der Waals surface area (Å²) in [4.78, 5) is 12.5. The zero-order valence-electron chi connectivity index (χ0n) is 15.4. The molecule has 5 nitrogen and oxygen atoms in total. The summed E-state index contributed by atoms with van der Waals surface area (Å²) in [5.41, 5.74) is 2.32. The van der Waals surface area contributed by atoms with E-state index in [-0.39, 0.29) is 16.1 Å². The highest BCUT2D eigenvalue weighted by molar-refractivity contribution is 7.92. The number of sulfonamides is 1. The number of halogens is 1. The van der Waals surface area contributed by atoms with E-state index in [1.54, 1.807) is 31.2 Å². The number of nitrogens with one attached hydrogen (secondary N) is 2. The molecular formula is C21H19FN2O3S. The Morgan fingerprint density at radius 2 is 1.64 bits per heavy atom. The molecule has 0 radical (unpaired) electrons. The zero-order chi connectivity index (χ0) is 20.3. The van der Waals surface area contributed by atoms with Gasteiger partial charge in [-0.3, -0.25) is 9.52 Å². The van der Waals surface area contributed by atoms with E-state index in [2.05, 4.69) is 10.0 Å². The topological polar surface area (TPSA) is 75.3 Å². The van der Waals surface area contributed by atoms with Crippen LogP contribution in [0, 0.1) is 19.7 Å². The Morgan fingerprint density at radius 1 is 0.893 bits per heavy atom. The number of carbonyl (C=O) groups excluding carboxylic acids is 1. The standard InChI is InChI=1S/C21H19FN2O3S/c1-14-6-3-4-9-19(14)23-21(25)16-11-10-15(2)20(12-16)28(26,27)24-18-8-5-7-17(22)13-18/h3-13,24H,1-2H3,(H,23,25). The molecule has 0 atom stereocenters. The minimum atomic E-state index is -3.99. The molecule has 0 unspecified atom stereocenters. The number of hydrogen-bond donors (Lipinski definition) is 2. The van der Waals surface area contributed by atoms with Crippen LogP contribution in [0.3, 0.4) is 0 Å². The molecule has 0 saturated heterocycles. The number of para-hydroxylation sites is 1. The third-order valence-corrected chi connectivity index (χ3v) is 5.73. The fraction of sp³-hybridized carbons (Fsp3) is 0.0952. The Labute approximate surface area is 163 Å². The van der Waals surface area contributed by atoms with Crippen LogP contribution < -0.4 is 10.0 Å². The van der Waals surface area contributed by atoms with Gasteiger partial charge in [0.2, 0.25) is 0 Å². The first kappa shape index (κ1) is 19.6. The molecule has 0 aliphatic rings. The van der Waals surface area contributed by atoms with Crippen molar-refractivity contribution < 1.29 is 17.6 Å². The van der Waals surface area contributed by atoms with E-state index in [4.69, 9.17) is 0 Å². The predicted octanol–water partition coefficient (Wildman–Crippen LogP) is 4.50. The summed E-state index contributed by atoms with van der Waals surface area (Å²) in [5, 5.41) is 2.78. The second-order valence-electron chi connectivity index (χ2n) is 6.37. The minimum absolute atomic E-state index is 0.0470. The van der Waals surface area contributed by atoms with Crippen LogP contribution in [0.25, 0.3) is 0 Å². The SMILES string of the molecule is Cc1ccccc1NC(=O)c1ccc(C)c(S(=O)(=O)Nc2cccc(F)c2)c1. The summed E-state index contributed by atoms with van der Waals surface area (Å²) in [7, 11) is -3.99. The van der Waals surface area contributed by atoms with E-state index >= 15 is 0 Å². The van der Waals surface area contributed by atoms with Crippen LogP contribution in [0.2, 0.25) is 0 Å². The lowest BCUT2D eigenvalue weighted by atomic mass is 10.1. The first-order chi connectivity index (χ1) is 13.3. The summed E-state index contributed by atoms with van der Waals surface area (Å²) in [6.45, 7) is 3.49. The van der Waals surface area contributed by atoms with Gasteiger partial charge in [0, 0.05) is 11.3 Å². The lowest BCUT2D eigenvalue weighted by Gasteiger charge is -2.13. The van der Waals surface area contributed by atoms with Crippen LogP contribution in [-0.2, 0) is 10.0 Å². The monoisotopic (exact) mass is 398 g/mol. The Hall–Kier alpha value is -3.19. The van der Waals surface area contributed by atoms with Crippen LogP contribution in [0.1, 0.15) is 21.5 Å². The van der Waals surface area contributed by atoms with Crippen LogP contribution >= 0.6 is 0 Å². The molecule has 0 spiro atoms. The maximum absolute atomic E-state index is 13.3. The molecule has 3 aromatic rings. The Bertz CT molecular complexity index is 1140. The summed E-state index contributed by atoms with van der Waals surface area (Å²) >= 11 is 0. The fourth-order valence-electron chi connectivity index (χ4n) is 2.70. The molecule has 28 heavy (non-hydrogen) atoms. The molecule has 0 bridgehead atoms. The van der Waals surface area contributed by atoms with Gasteiger partial charge < -0.3 is 5.32 Å². The van der Waals surface area contributed by atoms with Crippen molar-refractivity contribution in [1.82, 2.24) is 0 Å². The summed E-state index contributed by atoms with van der Waals surface area (Å²) < 4.78 is 41.2. The average Bonchev–Trinajstić information content (AvgIpc) is 2.63. The van der Waals surface area contributed by atoms with E-state index in [1.807, 2.05) is 19.1 Å². The predicted molar refractivity (Wildman–Crippen MR) is 108 cm³/mol. The van der Waals surface area contributed by atoms with Crippen molar-refractivity contribution in [3.8, 4) is 0 Å². The lowest BCUT2D eigenvalue weighted by molar-refractivity contribution is 0.102. The highest BCUT2D eigenvalue weighted by Gasteiger charge is 2.20. The smallest absolute Gasteiger partial charge is 0.262 e. The molecule has 0 aliphatic heterocycles. The number of amides is 1. The summed E-state index contributed by atoms with van der Waals surface area (Å²) in [5.74, 6) is -0.972. The number of rotatable bonds is 5. The Kier molecular flexibility index (Phi) is 5.46. The number of carbonyl (C=O) groups is 1. The van der Waals surface area contributed by atoms with Gasteiger partial charge in [0.05, 0.1) is 10.6 Å². The van der Waals surface area contributed by atoms with E-state index in [9.17, 15) is 17.6 Å². The molecule has 144 valence electrons. The average molecular weight is 398 g/mol. The van der Waals surface area contributed by atoms with Crippen molar-refractivity contribution in [3.05, 3.63) is 89.2 Å². The Balaban J connectivity index is 1.90. The van der Waals surface area contributed by atoms with Gasteiger partial charge >= 0.3 is 0 Å². The van der Waals surface area contributed by atoms with Crippen LogP contribution in [-0.4, -0.2) is 14.3 Å². The second kappa shape index (κ2) is 7.82. The van der Waals surface area contributed by atoms with Gasteiger partial charge in [0.1, 0.15) is 5.82 Å². The van der Waals surface area contributed by atoms with Crippen molar-refractivity contribution in [2.75, 3.05) is 10.0 Å². The maximum atomic E-state index is 13.3. The first-order valence-electron chi connectivity index (χ1n) is 8.52. The maximum Gasteiger partial charge on any atom is 0.262 e. The van der Waals surface area contributed by atoms with Gasteiger partial charge in [0.15, 0.2) is 0 Å². The molecule has 3 aromatic carbocycles. The summed E-state index contributed by atoms with van der Waals surface area (Å²) in [6.07, 6.45) is 0. The molecule has 2 N–H and O–H groups in total. The normalized spacial score (nSPS) is 11.1. The van der Waals surface area contributed by atoms with Crippen molar-refractivity contribution in [2.45, 2.75) is 18.7 Å². The molecule has 0 fully saturated rings. The van der Waals surface area contributed by atoms with Gasteiger partial charge in [-0.1, -0.05) is 30.3 Å². The largest absolute Gasteiger partial charge is 0.322 e. The fourth-order valence-corrected chi connectivity index (χ4v) is 4.02. The van der Waals surface area contributed by atoms with Crippen LogP contribution in [0.15, 0.2) is 71.6 Å². The third-order valence-electron chi connectivity index (χ3n) is 4.21. The number of aryl methyl sites for hydroxylation is 2. The molecule has 1 amide bonds. The van der Waals surface area contributed by atoms with Crippen molar-refractivity contribution >= 4 is 27.3 Å². The van der Waals surface area contributed by atoms with E-state index < -0.39 is 21.7 Å². The summed E-state index contributed by atoms with van der Waals surface area (Å²) in [6, 6.07) is 16.9. The molecule has 0 heterocycles. The van der Waals surface area contributed by atoms with Crippen LogP contribution in [0.4, 0.5) is 15.8 Å². The van der Waals surface area contributed by atoms with Crippen molar-refractivity contribution in [3.63, 3.8) is 0 Å². The van der Waals surface area contributed by atoms with Crippen molar-refractivity contribution in [1.29, 1.82) is 0 Å². The lowest BCUT2D eigenvalue weighted by Crippen LogP contribution is -2.17. The minimum Gasteiger partial charge on any atom is -0.322 e. The third kappa shape index (κ3) is 4.37. The number of hydrogen-bond acceptors (Lipinski definition) is 3. The van der Waals surface area contributed by atoms with Crippen LogP contribution in [0.5, 0.6) is 0 Å². The van der Waals surface area contributed by atoms with Gasteiger partial charge in [-0.2, -0.15) is 0 Å². The van der Waals surface area contributed by atoms with Gasteiger partial charge in [-0.05, 0) is 61.4 Å². The van der Waals surface area contributed by atoms with Gasteiger partial charge in [-0.15, -0.1) is 0 Å². The molecular weight excluding hydrogens is 379 g/mol. The van der Waals surface area contributed by atoms with Crippen molar-refractivity contribution in [2.24, 2.45) is 0 Å². The van der Waals surface area contributed by atoms with Gasteiger partial charge in [-0.25, -0.2) is 12.8 Å². The van der Waals surface area contributed by atoms with E-state index in [1.165, 1.54) is 24.3 Å². The van der Waals surface area contributed by atoms with E-state index in [0.29, 0.717) is 11.3 Å². The molecule has 7 heteroatoms. The molecule has 0 aliphatic carbocycles.